The summed E-state index contributed by atoms with van der Waals surface area (Å²) in [6.45, 7) is 4.13. The molecule has 11 heteroatoms. The maximum atomic E-state index is 12.6. The molecule has 0 aliphatic carbocycles. The smallest absolute Gasteiger partial charge is 0.234 e. The Morgan fingerprint density at radius 1 is 1.12 bits per heavy atom. The molecule has 172 valence electrons. The van der Waals surface area contributed by atoms with Crippen LogP contribution in [0, 0.1) is 0 Å². The molecule has 1 heterocycles. The lowest BCUT2D eigenvalue weighted by Crippen LogP contribution is -2.18. The topological polar surface area (TPSA) is 98.1 Å². The van der Waals surface area contributed by atoms with Crippen molar-refractivity contribution in [2.45, 2.75) is 18.1 Å². The Kier molecular flexibility index (Phi) is 8.76. The summed E-state index contributed by atoms with van der Waals surface area (Å²) in [7, 11) is 1.53. The largest absolute Gasteiger partial charge is 0.495 e. The molecule has 0 aliphatic heterocycles. The zero-order valence-electron chi connectivity index (χ0n) is 17.7. The summed E-state index contributed by atoms with van der Waals surface area (Å²) in [6.07, 6.45) is 1.66. The number of carbonyl (C=O) groups is 2. The lowest BCUT2D eigenvalue weighted by molar-refractivity contribution is -0.116. The number of hydrogen-bond donors (Lipinski definition) is 2. The molecule has 3 aromatic rings. The van der Waals surface area contributed by atoms with E-state index in [4.69, 9.17) is 27.9 Å². The van der Waals surface area contributed by atoms with Crippen molar-refractivity contribution in [2.75, 3.05) is 23.5 Å². The molecular formula is C22H21Cl2N5O3S. The van der Waals surface area contributed by atoms with Crippen LogP contribution in [-0.2, 0) is 22.6 Å². The van der Waals surface area contributed by atoms with Crippen LogP contribution in [0.25, 0.3) is 0 Å². The van der Waals surface area contributed by atoms with E-state index in [1.807, 2.05) is 6.07 Å². The summed E-state index contributed by atoms with van der Waals surface area (Å²) in [6, 6.07) is 11.9. The molecule has 0 saturated heterocycles. The Hall–Kier alpha value is -3.01. The van der Waals surface area contributed by atoms with E-state index in [0.717, 1.165) is 0 Å². The Bertz CT molecular complexity index is 1170. The van der Waals surface area contributed by atoms with Gasteiger partial charge in [0.05, 0.1) is 35.7 Å². The number of ether oxygens (including phenoxy) is 1. The van der Waals surface area contributed by atoms with Gasteiger partial charge in [-0.25, -0.2) is 0 Å². The molecular weight excluding hydrogens is 485 g/mol. The van der Waals surface area contributed by atoms with Gasteiger partial charge in [-0.2, -0.15) is 0 Å². The van der Waals surface area contributed by atoms with Crippen LogP contribution in [0.2, 0.25) is 10.0 Å². The van der Waals surface area contributed by atoms with Crippen molar-refractivity contribution in [1.82, 2.24) is 14.8 Å². The summed E-state index contributed by atoms with van der Waals surface area (Å²) in [4.78, 5) is 25.0. The summed E-state index contributed by atoms with van der Waals surface area (Å²) in [5.74, 6) is 0.504. The monoisotopic (exact) mass is 505 g/mol. The van der Waals surface area contributed by atoms with E-state index >= 15 is 0 Å². The first kappa shape index (κ1) is 24.6. The molecule has 0 saturated carbocycles. The number of thioether (sulfide) groups is 1. The third-order valence-corrected chi connectivity index (χ3v) is 5.87. The highest BCUT2D eigenvalue weighted by atomic mass is 35.5. The molecule has 0 aliphatic rings. The lowest BCUT2D eigenvalue weighted by Gasteiger charge is -2.11. The van der Waals surface area contributed by atoms with Crippen molar-refractivity contribution in [3.05, 3.63) is 71.0 Å². The summed E-state index contributed by atoms with van der Waals surface area (Å²) < 4.78 is 6.99. The Balaban J connectivity index is 1.65. The second-order valence-corrected chi connectivity index (χ2v) is 8.47. The predicted molar refractivity (Wildman–Crippen MR) is 131 cm³/mol. The van der Waals surface area contributed by atoms with Crippen LogP contribution in [0.5, 0.6) is 5.75 Å². The molecule has 3 rings (SSSR count). The maximum absolute atomic E-state index is 12.6. The SMILES string of the molecule is C=CCn1c(CC(=O)Nc2ccccc2OC)nnc1SCC(=O)Nc1cc(Cl)ccc1Cl. The fraction of sp³-hybridized carbons (Fsp3) is 0.182. The van der Waals surface area contributed by atoms with E-state index in [0.29, 0.717) is 44.7 Å². The number of rotatable bonds is 10. The van der Waals surface area contributed by atoms with Gasteiger partial charge in [0.2, 0.25) is 11.8 Å². The van der Waals surface area contributed by atoms with Crippen LogP contribution in [0.15, 0.2) is 60.3 Å². The zero-order valence-corrected chi connectivity index (χ0v) is 20.0. The van der Waals surface area contributed by atoms with Crippen LogP contribution in [-0.4, -0.2) is 39.4 Å². The highest BCUT2D eigenvalue weighted by Crippen LogP contribution is 2.26. The van der Waals surface area contributed by atoms with Gasteiger partial charge in [0.15, 0.2) is 5.16 Å². The lowest BCUT2D eigenvalue weighted by atomic mass is 10.2. The normalized spacial score (nSPS) is 10.5. The van der Waals surface area contributed by atoms with Crippen molar-refractivity contribution in [3.63, 3.8) is 0 Å². The van der Waals surface area contributed by atoms with Gasteiger partial charge < -0.3 is 19.9 Å². The third-order valence-electron chi connectivity index (χ3n) is 4.34. The first-order chi connectivity index (χ1) is 15.9. The van der Waals surface area contributed by atoms with Crippen LogP contribution >= 0.6 is 35.0 Å². The quantitative estimate of drug-likeness (QED) is 0.306. The van der Waals surface area contributed by atoms with Gasteiger partial charge in [-0.3, -0.25) is 9.59 Å². The second-order valence-electron chi connectivity index (χ2n) is 6.68. The molecule has 8 nitrogen and oxygen atoms in total. The Morgan fingerprint density at radius 3 is 2.64 bits per heavy atom. The number of amides is 2. The second kappa shape index (κ2) is 11.7. The van der Waals surface area contributed by atoms with Gasteiger partial charge in [0, 0.05) is 11.6 Å². The van der Waals surface area contributed by atoms with Gasteiger partial charge in [-0.05, 0) is 30.3 Å². The number of halogens is 2. The van der Waals surface area contributed by atoms with Crippen LogP contribution in [0.4, 0.5) is 11.4 Å². The van der Waals surface area contributed by atoms with Gasteiger partial charge in [-0.15, -0.1) is 16.8 Å². The van der Waals surface area contributed by atoms with Gasteiger partial charge in [0.1, 0.15) is 11.6 Å². The fourth-order valence-electron chi connectivity index (χ4n) is 2.86. The molecule has 33 heavy (non-hydrogen) atoms. The van der Waals surface area contributed by atoms with Crippen molar-refractivity contribution in [3.8, 4) is 5.75 Å². The standard InChI is InChI=1S/C22H21Cl2N5O3S/c1-3-10-29-19(12-20(30)25-16-6-4-5-7-18(16)32-2)27-28-22(29)33-13-21(31)26-17-11-14(23)8-9-15(17)24/h3-9,11H,1,10,12-13H2,2H3,(H,25,30)(H,26,31). The fourth-order valence-corrected chi connectivity index (χ4v) is 3.97. The molecule has 0 radical (unpaired) electrons. The van der Waals surface area contributed by atoms with Gasteiger partial charge in [-0.1, -0.05) is 53.2 Å². The predicted octanol–water partition coefficient (Wildman–Crippen LogP) is 4.69. The summed E-state index contributed by atoms with van der Waals surface area (Å²) in [5.41, 5.74) is 0.988. The van der Waals surface area contributed by atoms with E-state index < -0.39 is 0 Å². The highest BCUT2D eigenvalue weighted by molar-refractivity contribution is 7.99. The van der Waals surface area contributed by atoms with E-state index in [-0.39, 0.29) is 24.0 Å². The third kappa shape index (κ3) is 6.74. The first-order valence-corrected chi connectivity index (χ1v) is 11.5. The average Bonchev–Trinajstić information content (AvgIpc) is 3.16. The zero-order chi connectivity index (χ0) is 23.8. The number of benzene rings is 2. The highest BCUT2D eigenvalue weighted by Gasteiger charge is 2.17. The number of para-hydroxylation sites is 2. The van der Waals surface area contributed by atoms with Crippen LogP contribution in [0.1, 0.15) is 5.82 Å². The molecule has 2 N–H and O–H groups in total. The minimum absolute atomic E-state index is 0.0102. The van der Waals surface area contributed by atoms with Gasteiger partial charge >= 0.3 is 0 Å². The maximum Gasteiger partial charge on any atom is 0.234 e. The number of hydrogen-bond acceptors (Lipinski definition) is 6. The molecule has 0 unspecified atom stereocenters. The van der Waals surface area contributed by atoms with Gasteiger partial charge in [0.25, 0.3) is 0 Å². The van der Waals surface area contributed by atoms with E-state index in [1.165, 1.54) is 18.9 Å². The van der Waals surface area contributed by atoms with Crippen LogP contribution in [0.3, 0.4) is 0 Å². The molecule has 0 fully saturated rings. The Labute approximate surface area is 205 Å². The number of aromatic nitrogens is 3. The van der Waals surface area contributed by atoms with E-state index in [2.05, 4.69) is 27.4 Å². The number of methoxy groups -OCH3 is 1. The molecule has 2 amide bonds. The molecule has 2 aromatic carbocycles. The van der Waals surface area contributed by atoms with Crippen molar-refractivity contribution >= 4 is 58.2 Å². The van der Waals surface area contributed by atoms with Crippen LogP contribution < -0.4 is 15.4 Å². The number of nitrogens with zero attached hydrogens (tertiary/aromatic N) is 3. The number of allylic oxidation sites excluding steroid dienone is 1. The number of anilines is 2. The summed E-state index contributed by atoms with van der Waals surface area (Å²) >= 11 is 13.2. The number of nitrogens with one attached hydrogen (secondary N) is 2. The van der Waals surface area contributed by atoms with E-state index in [9.17, 15) is 9.59 Å². The molecule has 1 aromatic heterocycles. The first-order valence-electron chi connectivity index (χ1n) is 9.74. The summed E-state index contributed by atoms with van der Waals surface area (Å²) in [5, 5.41) is 15.1. The minimum Gasteiger partial charge on any atom is -0.495 e. The molecule has 0 spiro atoms. The van der Waals surface area contributed by atoms with E-state index in [1.54, 1.807) is 47.0 Å². The number of carbonyl (C=O) groups excluding carboxylic acids is 2. The molecule has 0 atom stereocenters. The van der Waals surface area contributed by atoms with Crippen molar-refractivity contribution in [1.29, 1.82) is 0 Å². The van der Waals surface area contributed by atoms with Crippen molar-refractivity contribution in [2.24, 2.45) is 0 Å². The minimum atomic E-state index is -0.284. The Morgan fingerprint density at radius 2 is 1.88 bits per heavy atom. The molecule has 0 bridgehead atoms. The average molecular weight is 506 g/mol. The van der Waals surface area contributed by atoms with Crippen molar-refractivity contribution < 1.29 is 14.3 Å².